The summed E-state index contributed by atoms with van der Waals surface area (Å²) in [6.07, 6.45) is 1.44. The zero-order valence-electron chi connectivity index (χ0n) is 22.1. The molecule has 0 bridgehead atoms. The molecule has 0 spiro atoms. The smallest absolute Gasteiger partial charge is 0.270 e. The van der Waals surface area contributed by atoms with Crippen LogP contribution < -0.4 is 19.7 Å². The number of anilines is 1. The van der Waals surface area contributed by atoms with Crippen molar-refractivity contribution in [1.82, 2.24) is 10.3 Å². The molecule has 0 fully saturated rings. The van der Waals surface area contributed by atoms with E-state index in [4.69, 9.17) is 13.6 Å². The van der Waals surface area contributed by atoms with Gasteiger partial charge in [0.15, 0.2) is 0 Å². The monoisotopic (exact) mass is 474 g/mol. The molecule has 4 rings (SSSR count). The number of rotatable bonds is 4. The van der Waals surface area contributed by atoms with Crippen LogP contribution in [0, 0.1) is 11.8 Å². The van der Waals surface area contributed by atoms with Crippen molar-refractivity contribution >= 4 is 17.5 Å². The highest BCUT2D eigenvalue weighted by Crippen LogP contribution is 2.31. The fourth-order valence-corrected chi connectivity index (χ4v) is 3.33. The van der Waals surface area contributed by atoms with Crippen LogP contribution in [0.1, 0.15) is 33.9 Å². The highest BCUT2D eigenvalue weighted by Gasteiger charge is 2.31. The van der Waals surface area contributed by atoms with Crippen molar-refractivity contribution in [3.8, 4) is 29.1 Å². The quantitative estimate of drug-likeness (QED) is 0.564. The van der Waals surface area contributed by atoms with Crippen LogP contribution in [-0.4, -0.2) is 47.2 Å². The van der Waals surface area contributed by atoms with Gasteiger partial charge < -0.3 is 24.8 Å². The highest BCUT2D eigenvalue weighted by molar-refractivity contribution is 6.03. The largest absolute Gasteiger partial charge is 0.489 e. The summed E-state index contributed by atoms with van der Waals surface area (Å²) < 4.78 is 33.7. The Labute approximate surface area is 207 Å². The number of likely N-dealkylation sites (N-methyl/N-ethyl adjacent to an activating group) is 1. The Bertz CT molecular complexity index is 1410. The Kier molecular flexibility index (Phi) is 5.66. The van der Waals surface area contributed by atoms with Crippen LogP contribution in [-0.2, 0) is 4.79 Å². The van der Waals surface area contributed by atoms with Crippen LogP contribution >= 0.6 is 0 Å². The van der Waals surface area contributed by atoms with Gasteiger partial charge in [0, 0.05) is 29.0 Å². The maximum Gasteiger partial charge on any atom is 0.270 e. The van der Waals surface area contributed by atoms with Gasteiger partial charge >= 0.3 is 0 Å². The number of ether oxygens (including phenoxy) is 2. The van der Waals surface area contributed by atoms with Crippen molar-refractivity contribution in [2.45, 2.75) is 25.4 Å². The number of hydrogen-bond acceptors (Lipinski definition) is 6. The van der Waals surface area contributed by atoms with E-state index < -0.39 is 30.3 Å². The molecule has 8 heteroatoms. The molecule has 0 radical (unpaired) electrons. The second-order valence-electron chi connectivity index (χ2n) is 8.03. The van der Waals surface area contributed by atoms with Gasteiger partial charge in [0.05, 0.1) is 5.69 Å². The summed E-state index contributed by atoms with van der Waals surface area (Å²) in [7, 11) is 1.53. The lowest BCUT2D eigenvalue weighted by molar-refractivity contribution is -0.120. The zero-order chi connectivity index (χ0) is 27.5. The fourth-order valence-electron chi connectivity index (χ4n) is 3.33. The van der Waals surface area contributed by atoms with Crippen molar-refractivity contribution < 1.29 is 28.3 Å². The molecule has 178 valence electrons. The molecule has 8 nitrogen and oxygen atoms in total. The van der Waals surface area contributed by atoms with Crippen LogP contribution in [0.2, 0.25) is 0 Å². The Morgan fingerprint density at radius 3 is 2.83 bits per heavy atom. The summed E-state index contributed by atoms with van der Waals surface area (Å²) in [4.78, 5) is 31.5. The molecule has 2 heterocycles. The van der Waals surface area contributed by atoms with E-state index in [0.717, 1.165) is 6.92 Å². The molecule has 2 atom stereocenters. The van der Waals surface area contributed by atoms with Crippen LogP contribution in [0.3, 0.4) is 0 Å². The molecule has 2 aromatic carbocycles. The average Bonchev–Trinajstić information content (AvgIpc) is 2.99. The predicted octanol–water partition coefficient (Wildman–Crippen LogP) is 3.15. The van der Waals surface area contributed by atoms with Gasteiger partial charge in [-0.05, 0) is 50.2 Å². The van der Waals surface area contributed by atoms with Crippen molar-refractivity contribution in [2.24, 2.45) is 0 Å². The third-order valence-electron chi connectivity index (χ3n) is 5.05. The minimum absolute atomic E-state index is 0.0644. The summed E-state index contributed by atoms with van der Waals surface area (Å²) in [5.41, 5.74) is -1.39. The Morgan fingerprint density at radius 2 is 2.06 bits per heavy atom. The number of fused-ring (bicyclic) bond motifs is 1. The average molecular weight is 475 g/mol. The van der Waals surface area contributed by atoms with Gasteiger partial charge in [0.2, 0.25) is 0 Å². The van der Waals surface area contributed by atoms with Gasteiger partial charge in [0.25, 0.3) is 11.8 Å². The summed E-state index contributed by atoms with van der Waals surface area (Å²) in [5, 5.41) is 12.8. The van der Waals surface area contributed by atoms with E-state index in [2.05, 4.69) is 22.1 Å². The number of aromatic nitrogens is 1. The van der Waals surface area contributed by atoms with Gasteiger partial charge in [-0.3, -0.25) is 14.6 Å². The number of carbonyl (C=O) groups excluding carboxylic acids is 2. The molecule has 35 heavy (non-hydrogen) atoms. The minimum atomic E-state index is -2.69. The Balaban J connectivity index is 1.49. The molecule has 1 aliphatic rings. The molecular formula is C27H25N3O5. The number of para-hydroxylation sites is 1. The van der Waals surface area contributed by atoms with Crippen molar-refractivity contribution in [1.29, 1.82) is 0 Å². The highest BCUT2D eigenvalue weighted by atomic mass is 16.5. The Morgan fingerprint density at radius 1 is 1.26 bits per heavy atom. The summed E-state index contributed by atoms with van der Waals surface area (Å²) in [5.74, 6) is 5.37. The predicted molar refractivity (Wildman–Crippen MR) is 131 cm³/mol. The first-order chi connectivity index (χ1) is 17.9. The molecule has 2 N–H and O–H groups in total. The summed E-state index contributed by atoms with van der Waals surface area (Å²) in [6, 6.07) is 15.9. The lowest BCUT2D eigenvalue weighted by atomic mass is 10.1. The molecule has 3 aromatic rings. The number of hydrogen-bond donors (Lipinski definition) is 2. The molecule has 1 aliphatic heterocycles. The first-order valence-corrected chi connectivity index (χ1v) is 10.7. The molecule has 1 aromatic heterocycles. The fraction of sp³-hybridized carbons (Fsp3) is 0.222. The maximum absolute atomic E-state index is 13.2. The van der Waals surface area contributed by atoms with Gasteiger partial charge in [-0.1, -0.05) is 30.0 Å². The third-order valence-corrected chi connectivity index (χ3v) is 5.05. The summed E-state index contributed by atoms with van der Waals surface area (Å²) >= 11 is 0. The van der Waals surface area contributed by atoms with Crippen LogP contribution in [0.5, 0.6) is 17.2 Å². The number of pyridine rings is 1. The number of carbonyl (C=O) groups is 2. The van der Waals surface area contributed by atoms with E-state index in [1.807, 2.05) is 18.2 Å². The van der Waals surface area contributed by atoms with Crippen molar-refractivity contribution in [3.05, 3.63) is 78.1 Å². The third kappa shape index (κ3) is 5.96. The molecule has 0 saturated carbocycles. The minimum Gasteiger partial charge on any atom is -0.489 e. The normalized spacial score (nSPS) is 18.1. The van der Waals surface area contributed by atoms with E-state index in [-0.39, 0.29) is 12.3 Å². The molecule has 0 saturated heterocycles. The van der Waals surface area contributed by atoms with Gasteiger partial charge in [0.1, 0.15) is 41.2 Å². The van der Waals surface area contributed by atoms with Crippen molar-refractivity contribution in [3.63, 3.8) is 0 Å². The first kappa shape index (κ1) is 20.1. The number of amides is 2. The number of aliphatic hydroxyl groups is 1. The standard InChI is InChI=1S/C27H25N3O5/c1-27(2,33)13-11-18-9-10-24-23(15-18)30(3)26(32)22(17-34-24)29-25(31)21-16-20(12-14-28-21)35-19-7-5-4-6-8-19/h4-10,12,14-16,22,33H,17H2,1-3H3,(H,29,31)/i1D3. The number of nitrogens with one attached hydrogen (secondary N) is 1. The molecule has 2 unspecified atom stereocenters. The number of nitrogens with zero attached hydrogens (tertiary/aromatic N) is 2. The Hall–Kier alpha value is -4.35. The molecular weight excluding hydrogens is 446 g/mol. The second-order valence-corrected chi connectivity index (χ2v) is 8.03. The number of benzene rings is 2. The zero-order valence-corrected chi connectivity index (χ0v) is 19.1. The second kappa shape index (κ2) is 9.87. The van der Waals surface area contributed by atoms with E-state index >= 15 is 0 Å². The van der Waals surface area contributed by atoms with E-state index in [1.165, 1.54) is 24.2 Å². The first-order valence-electron chi connectivity index (χ1n) is 12.2. The SMILES string of the molecule is [2H]C([2H])([2H])C(C)(O)C#Cc1ccc2c(c1)N(C)C(=O)C(NC(=O)c1cc(Oc3ccccc3)ccn1)CO2. The van der Waals surface area contributed by atoms with Crippen LogP contribution in [0.15, 0.2) is 66.9 Å². The van der Waals surface area contributed by atoms with Gasteiger partial charge in [-0.25, -0.2) is 0 Å². The van der Waals surface area contributed by atoms with E-state index in [1.54, 1.807) is 36.4 Å². The van der Waals surface area contributed by atoms with Crippen LogP contribution in [0.4, 0.5) is 5.69 Å². The van der Waals surface area contributed by atoms with Gasteiger partial charge in [-0.15, -0.1) is 0 Å². The van der Waals surface area contributed by atoms with Gasteiger partial charge in [-0.2, -0.15) is 0 Å². The lowest BCUT2D eigenvalue weighted by Crippen LogP contribution is -2.49. The van der Waals surface area contributed by atoms with Crippen LogP contribution in [0.25, 0.3) is 0 Å². The molecule has 2 amide bonds. The lowest BCUT2D eigenvalue weighted by Gasteiger charge is -2.20. The summed E-state index contributed by atoms with van der Waals surface area (Å²) in [6.45, 7) is -1.70. The maximum atomic E-state index is 13.2. The topological polar surface area (TPSA) is 101 Å². The molecule has 0 aliphatic carbocycles. The van der Waals surface area contributed by atoms with Crippen molar-refractivity contribution in [2.75, 3.05) is 18.6 Å². The van der Waals surface area contributed by atoms with E-state index in [9.17, 15) is 14.7 Å². The van der Waals surface area contributed by atoms with E-state index in [0.29, 0.717) is 28.5 Å².